The molecule has 0 saturated carbocycles. The normalized spacial score (nSPS) is 14.2. The maximum Gasteiger partial charge on any atom is 0.406 e. The standard InChI is InChI=1S/C17H17ClN4O4/c18-13-3-1-4-14(11-13)20-7-9-21(10-8-20)16(23)12-26-15-5-2-6-19-17(15)22(24)25/h1-6,11H,7-10,12H2. The van der Waals surface area contributed by atoms with Crippen LogP contribution in [0.1, 0.15) is 0 Å². The third-order valence-corrected chi connectivity index (χ3v) is 4.32. The Morgan fingerprint density at radius 3 is 2.69 bits per heavy atom. The molecule has 9 heteroatoms. The summed E-state index contributed by atoms with van der Waals surface area (Å²) in [6.07, 6.45) is 1.31. The van der Waals surface area contributed by atoms with Gasteiger partial charge in [0.25, 0.3) is 5.91 Å². The molecule has 1 fully saturated rings. The first-order chi connectivity index (χ1) is 12.5. The molecule has 1 aromatic heterocycles. The molecule has 0 bridgehead atoms. The highest BCUT2D eigenvalue weighted by molar-refractivity contribution is 6.30. The molecule has 0 radical (unpaired) electrons. The van der Waals surface area contributed by atoms with Gasteiger partial charge in [-0.2, -0.15) is 0 Å². The number of piperazine rings is 1. The number of carbonyl (C=O) groups is 1. The van der Waals surface area contributed by atoms with Crippen LogP contribution in [-0.2, 0) is 4.79 Å². The van der Waals surface area contributed by atoms with Crippen molar-refractivity contribution in [2.24, 2.45) is 0 Å². The first-order valence-corrected chi connectivity index (χ1v) is 8.43. The Labute approximate surface area is 155 Å². The van der Waals surface area contributed by atoms with Crippen molar-refractivity contribution in [2.75, 3.05) is 37.7 Å². The molecular weight excluding hydrogens is 360 g/mol. The molecule has 26 heavy (non-hydrogen) atoms. The number of aromatic nitrogens is 1. The van der Waals surface area contributed by atoms with E-state index in [1.165, 1.54) is 18.3 Å². The molecule has 1 aromatic carbocycles. The second kappa shape index (κ2) is 8.01. The quantitative estimate of drug-likeness (QED) is 0.588. The smallest absolute Gasteiger partial charge is 0.406 e. The summed E-state index contributed by atoms with van der Waals surface area (Å²) in [6.45, 7) is 2.19. The fraction of sp³-hybridized carbons (Fsp3) is 0.294. The van der Waals surface area contributed by atoms with Gasteiger partial charge in [-0.15, -0.1) is 0 Å². The molecule has 0 unspecified atom stereocenters. The van der Waals surface area contributed by atoms with Gasteiger partial charge >= 0.3 is 5.82 Å². The Morgan fingerprint density at radius 2 is 2.00 bits per heavy atom. The molecule has 1 amide bonds. The number of nitro groups is 1. The largest absolute Gasteiger partial charge is 0.476 e. The van der Waals surface area contributed by atoms with Gasteiger partial charge in [0, 0.05) is 36.9 Å². The van der Waals surface area contributed by atoms with Crippen LogP contribution in [0.15, 0.2) is 42.6 Å². The fourth-order valence-electron chi connectivity index (χ4n) is 2.75. The maximum atomic E-state index is 12.3. The Bertz CT molecular complexity index is 809. The molecular formula is C17H17ClN4O4. The van der Waals surface area contributed by atoms with E-state index in [9.17, 15) is 14.9 Å². The molecule has 3 rings (SSSR count). The van der Waals surface area contributed by atoms with Gasteiger partial charge in [0.15, 0.2) is 6.61 Å². The van der Waals surface area contributed by atoms with Crippen molar-refractivity contribution in [3.63, 3.8) is 0 Å². The Kier molecular flexibility index (Phi) is 5.52. The predicted octanol–water partition coefficient (Wildman–Crippen LogP) is 2.37. The van der Waals surface area contributed by atoms with E-state index in [1.54, 1.807) is 4.90 Å². The van der Waals surface area contributed by atoms with Gasteiger partial charge in [0.1, 0.15) is 6.20 Å². The molecule has 136 valence electrons. The van der Waals surface area contributed by atoms with Crippen LogP contribution in [-0.4, -0.2) is 53.5 Å². The van der Waals surface area contributed by atoms with Crippen molar-refractivity contribution in [3.8, 4) is 5.75 Å². The number of ether oxygens (including phenoxy) is 1. The summed E-state index contributed by atoms with van der Waals surface area (Å²) in [6, 6.07) is 10.5. The number of pyridine rings is 1. The molecule has 1 saturated heterocycles. The molecule has 0 aliphatic carbocycles. The number of amides is 1. The third kappa shape index (κ3) is 4.20. The summed E-state index contributed by atoms with van der Waals surface area (Å²) in [4.78, 5) is 30.1. The monoisotopic (exact) mass is 376 g/mol. The summed E-state index contributed by atoms with van der Waals surface area (Å²) < 4.78 is 5.31. The van der Waals surface area contributed by atoms with Crippen LogP contribution < -0.4 is 9.64 Å². The molecule has 1 aliphatic rings. The number of anilines is 1. The van der Waals surface area contributed by atoms with E-state index in [4.69, 9.17) is 16.3 Å². The van der Waals surface area contributed by atoms with Gasteiger partial charge in [-0.05, 0) is 40.2 Å². The second-order valence-electron chi connectivity index (χ2n) is 5.72. The van der Waals surface area contributed by atoms with Gasteiger partial charge in [-0.25, -0.2) is 0 Å². The molecule has 2 aromatic rings. The molecule has 8 nitrogen and oxygen atoms in total. The number of hydrogen-bond donors (Lipinski definition) is 0. The molecule has 0 N–H and O–H groups in total. The number of benzene rings is 1. The van der Waals surface area contributed by atoms with E-state index < -0.39 is 10.7 Å². The highest BCUT2D eigenvalue weighted by atomic mass is 35.5. The lowest BCUT2D eigenvalue weighted by Crippen LogP contribution is -2.50. The van der Waals surface area contributed by atoms with Crippen molar-refractivity contribution < 1.29 is 14.5 Å². The van der Waals surface area contributed by atoms with E-state index in [-0.39, 0.29) is 18.3 Å². The van der Waals surface area contributed by atoms with E-state index >= 15 is 0 Å². The van der Waals surface area contributed by atoms with E-state index in [1.807, 2.05) is 24.3 Å². The number of rotatable bonds is 5. The van der Waals surface area contributed by atoms with Crippen molar-refractivity contribution in [1.29, 1.82) is 0 Å². The molecule has 0 atom stereocenters. The molecule has 1 aliphatic heterocycles. The predicted molar refractivity (Wildman–Crippen MR) is 96.6 cm³/mol. The lowest BCUT2D eigenvalue weighted by atomic mass is 10.2. The average molecular weight is 377 g/mol. The minimum absolute atomic E-state index is 0.0107. The van der Waals surface area contributed by atoms with Crippen molar-refractivity contribution in [1.82, 2.24) is 9.88 Å². The number of hydrogen-bond acceptors (Lipinski definition) is 6. The van der Waals surface area contributed by atoms with Crippen LogP contribution in [0.3, 0.4) is 0 Å². The van der Waals surface area contributed by atoms with Gasteiger partial charge in [0.05, 0.1) is 0 Å². The maximum absolute atomic E-state index is 12.3. The van der Waals surface area contributed by atoms with Gasteiger partial charge < -0.3 is 24.7 Å². The second-order valence-corrected chi connectivity index (χ2v) is 6.16. The summed E-state index contributed by atoms with van der Waals surface area (Å²) in [5.41, 5.74) is 1.02. The molecule has 2 heterocycles. The third-order valence-electron chi connectivity index (χ3n) is 4.08. The Hall–Kier alpha value is -2.87. The van der Waals surface area contributed by atoms with Gasteiger partial charge in [-0.3, -0.25) is 4.79 Å². The van der Waals surface area contributed by atoms with E-state index in [0.29, 0.717) is 31.2 Å². The van der Waals surface area contributed by atoms with Gasteiger partial charge in [0.2, 0.25) is 5.75 Å². The highest BCUT2D eigenvalue weighted by Crippen LogP contribution is 2.23. The van der Waals surface area contributed by atoms with Crippen LogP contribution in [0.25, 0.3) is 0 Å². The zero-order valence-corrected chi connectivity index (χ0v) is 14.6. The number of carbonyl (C=O) groups excluding carboxylic acids is 1. The molecule has 0 spiro atoms. The Balaban J connectivity index is 1.54. The van der Waals surface area contributed by atoms with Crippen molar-refractivity contribution in [2.45, 2.75) is 0 Å². The Morgan fingerprint density at radius 1 is 1.23 bits per heavy atom. The van der Waals surface area contributed by atoms with Crippen LogP contribution in [0, 0.1) is 10.1 Å². The average Bonchev–Trinajstić information content (AvgIpc) is 2.66. The van der Waals surface area contributed by atoms with Crippen LogP contribution >= 0.6 is 11.6 Å². The fourth-order valence-corrected chi connectivity index (χ4v) is 2.93. The topological polar surface area (TPSA) is 88.8 Å². The van der Waals surface area contributed by atoms with Crippen LogP contribution in [0.5, 0.6) is 5.75 Å². The van der Waals surface area contributed by atoms with E-state index in [2.05, 4.69) is 9.88 Å². The van der Waals surface area contributed by atoms with Crippen LogP contribution in [0.4, 0.5) is 11.5 Å². The van der Waals surface area contributed by atoms with Crippen molar-refractivity contribution in [3.05, 3.63) is 57.7 Å². The first-order valence-electron chi connectivity index (χ1n) is 8.05. The summed E-state index contributed by atoms with van der Waals surface area (Å²) in [7, 11) is 0. The van der Waals surface area contributed by atoms with Crippen LogP contribution in [0.2, 0.25) is 5.02 Å². The lowest BCUT2D eigenvalue weighted by Gasteiger charge is -2.36. The SMILES string of the molecule is O=C(COc1cccnc1[N+](=O)[O-])N1CCN(c2cccc(Cl)c2)CC1. The number of halogens is 1. The van der Waals surface area contributed by atoms with Crippen molar-refractivity contribution >= 4 is 29.0 Å². The van der Waals surface area contributed by atoms with Gasteiger partial charge in [-0.1, -0.05) is 17.7 Å². The highest BCUT2D eigenvalue weighted by Gasteiger charge is 2.23. The van der Waals surface area contributed by atoms with E-state index in [0.717, 1.165) is 5.69 Å². The first kappa shape index (κ1) is 17.9. The minimum atomic E-state index is -0.635. The summed E-state index contributed by atoms with van der Waals surface area (Å²) in [5.74, 6) is -0.622. The lowest BCUT2D eigenvalue weighted by molar-refractivity contribution is -0.390. The summed E-state index contributed by atoms with van der Waals surface area (Å²) >= 11 is 6.02. The summed E-state index contributed by atoms with van der Waals surface area (Å²) in [5, 5.41) is 11.6. The number of nitrogens with zero attached hydrogens (tertiary/aromatic N) is 4. The minimum Gasteiger partial charge on any atom is -0.476 e. The zero-order valence-electron chi connectivity index (χ0n) is 13.9. The zero-order chi connectivity index (χ0) is 18.5.